The molecule has 112 valence electrons. The Morgan fingerprint density at radius 1 is 1.29 bits per heavy atom. The molecule has 1 unspecified atom stereocenters. The molecule has 1 aromatic carbocycles. The quantitative estimate of drug-likeness (QED) is 0.929. The number of nitrogens with zero attached hydrogens (tertiary/aromatic N) is 1. The van der Waals surface area contributed by atoms with Gasteiger partial charge in [0.1, 0.15) is 0 Å². The van der Waals surface area contributed by atoms with E-state index in [4.69, 9.17) is 0 Å². The predicted octanol–water partition coefficient (Wildman–Crippen LogP) is 2.43. The first-order valence-corrected chi connectivity index (χ1v) is 7.67. The molecule has 1 aliphatic carbocycles. The summed E-state index contributed by atoms with van der Waals surface area (Å²) in [5.41, 5.74) is 1.78. The predicted molar refractivity (Wildman–Crippen MR) is 79.1 cm³/mol. The second kappa shape index (κ2) is 5.17. The number of hydrogen-bond acceptors (Lipinski definition) is 2. The van der Waals surface area contributed by atoms with Crippen molar-refractivity contribution in [3.63, 3.8) is 0 Å². The largest absolute Gasteiger partial charge is 0.481 e. The summed E-state index contributed by atoms with van der Waals surface area (Å²) in [7, 11) is 0. The van der Waals surface area contributed by atoms with Crippen LogP contribution in [0.5, 0.6) is 0 Å². The Kier molecular flexibility index (Phi) is 3.47. The molecular weight excluding hydrogens is 266 g/mol. The molecule has 1 amide bonds. The number of piperidine rings is 1. The van der Waals surface area contributed by atoms with Gasteiger partial charge in [0.25, 0.3) is 0 Å². The minimum absolute atomic E-state index is 0.0137. The first-order valence-electron chi connectivity index (χ1n) is 7.67. The molecule has 3 rings (SSSR count). The first-order chi connectivity index (χ1) is 10.1. The summed E-state index contributed by atoms with van der Waals surface area (Å²) >= 11 is 0. The van der Waals surface area contributed by atoms with Crippen molar-refractivity contribution in [1.29, 1.82) is 0 Å². The Morgan fingerprint density at radius 3 is 2.52 bits per heavy atom. The summed E-state index contributed by atoms with van der Waals surface area (Å²) < 4.78 is 0. The average molecular weight is 287 g/mol. The number of carboxylic acids is 1. The summed E-state index contributed by atoms with van der Waals surface area (Å²) in [5, 5.41) is 9.41. The molecule has 0 bridgehead atoms. The van der Waals surface area contributed by atoms with Gasteiger partial charge in [0.05, 0.1) is 11.3 Å². The highest BCUT2D eigenvalue weighted by molar-refractivity contribution is 5.87. The van der Waals surface area contributed by atoms with E-state index in [0.29, 0.717) is 32.4 Å². The van der Waals surface area contributed by atoms with Crippen LogP contribution in [0, 0.1) is 5.41 Å². The molecule has 1 atom stereocenters. The van der Waals surface area contributed by atoms with E-state index < -0.39 is 11.4 Å². The smallest absolute Gasteiger partial charge is 0.309 e. The maximum absolute atomic E-state index is 12.6. The van der Waals surface area contributed by atoms with Gasteiger partial charge < -0.3 is 10.0 Å². The number of amides is 1. The molecule has 2 aliphatic rings. The summed E-state index contributed by atoms with van der Waals surface area (Å²) in [6.45, 7) is 3.06. The normalized spacial score (nSPS) is 23.1. The molecule has 1 fully saturated rings. The van der Waals surface area contributed by atoms with Gasteiger partial charge in [-0.25, -0.2) is 0 Å². The van der Waals surface area contributed by atoms with Crippen LogP contribution in [0.25, 0.3) is 0 Å². The molecule has 4 heteroatoms. The van der Waals surface area contributed by atoms with Gasteiger partial charge in [-0.3, -0.25) is 9.59 Å². The highest BCUT2D eigenvalue weighted by atomic mass is 16.4. The van der Waals surface area contributed by atoms with Crippen molar-refractivity contribution < 1.29 is 14.7 Å². The van der Waals surface area contributed by atoms with Crippen molar-refractivity contribution in [3.05, 3.63) is 35.4 Å². The number of likely N-dealkylation sites (tertiary alicyclic amines) is 1. The molecular formula is C17H21NO3. The lowest BCUT2D eigenvalue weighted by Crippen LogP contribution is -2.48. The Labute approximate surface area is 124 Å². The summed E-state index contributed by atoms with van der Waals surface area (Å²) in [5.74, 6) is -0.560. The topological polar surface area (TPSA) is 57.6 Å². The van der Waals surface area contributed by atoms with E-state index in [1.807, 2.05) is 30.0 Å². The van der Waals surface area contributed by atoms with E-state index in [2.05, 4.69) is 6.07 Å². The molecule has 1 saturated heterocycles. The maximum atomic E-state index is 12.6. The number of carboxylic acid groups (broad SMARTS) is 1. The van der Waals surface area contributed by atoms with Crippen LogP contribution < -0.4 is 0 Å². The van der Waals surface area contributed by atoms with E-state index in [9.17, 15) is 14.7 Å². The Bertz CT molecular complexity index is 573. The fourth-order valence-corrected chi connectivity index (χ4v) is 3.57. The lowest BCUT2D eigenvalue weighted by Gasteiger charge is -2.41. The molecule has 0 radical (unpaired) electrons. The molecule has 0 spiro atoms. The van der Waals surface area contributed by atoms with Crippen LogP contribution >= 0.6 is 0 Å². The monoisotopic (exact) mass is 287 g/mol. The zero-order chi connectivity index (χ0) is 15.0. The highest BCUT2D eigenvalue weighted by Gasteiger charge is 2.43. The number of hydrogen-bond donors (Lipinski definition) is 1. The van der Waals surface area contributed by atoms with E-state index in [-0.39, 0.29) is 11.8 Å². The molecule has 4 nitrogen and oxygen atoms in total. The van der Waals surface area contributed by atoms with E-state index in [1.165, 1.54) is 5.56 Å². The van der Waals surface area contributed by atoms with Gasteiger partial charge in [0.15, 0.2) is 0 Å². The third-order valence-electron chi connectivity index (χ3n) is 5.32. The Balaban J connectivity index is 1.66. The zero-order valence-electron chi connectivity index (χ0n) is 12.3. The number of benzene rings is 1. The van der Waals surface area contributed by atoms with Crippen LogP contribution in [0.1, 0.15) is 43.2 Å². The van der Waals surface area contributed by atoms with Crippen LogP contribution in [0.4, 0.5) is 0 Å². The number of carbonyl (C=O) groups excluding carboxylic acids is 1. The van der Waals surface area contributed by atoms with Crippen LogP contribution in [-0.2, 0) is 16.0 Å². The third-order valence-corrected chi connectivity index (χ3v) is 5.32. The second-order valence-electron chi connectivity index (χ2n) is 6.22. The summed E-state index contributed by atoms with van der Waals surface area (Å²) in [4.78, 5) is 25.9. The third kappa shape index (κ3) is 2.23. The Morgan fingerprint density at radius 2 is 1.95 bits per heavy atom. The highest BCUT2D eigenvalue weighted by Crippen LogP contribution is 2.39. The van der Waals surface area contributed by atoms with Gasteiger partial charge in [0, 0.05) is 13.1 Å². The SMILES string of the molecule is CCC1(C(=O)O)CCN(C(=O)C2Cc3ccccc32)CC1. The van der Waals surface area contributed by atoms with E-state index in [1.54, 1.807) is 0 Å². The minimum atomic E-state index is -0.717. The van der Waals surface area contributed by atoms with Gasteiger partial charge in [-0.15, -0.1) is 0 Å². The first kappa shape index (κ1) is 14.1. The maximum Gasteiger partial charge on any atom is 0.309 e. The van der Waals surface area contributed by atoms with E-state index >= 15 is 0 Å². The van der Waals surface area contributed by atoms with Crippen molar-refractivity contribution in [2.45, 2.75) is 38.5 Å². The van der Waals surface area contributed by atoms with Crippen molar-refractivity contribution in [2.75, 3.05) is 13.1 Å². The molecule has 1 heterocycles. The fraction of sp³-hybridized carbons (Fsp3) is 0.529. The number of rotatable bonds is 3. The molecule has 1 aromatic rings. The minimum Gasteiger partial charge on any atom is -0.481 e. The molecule has 1 N–H and O–H groups in total. The van der Waals surface area contributed by atoms with Crippen LogP contribution in [0.3, 0.4) is 0 Å². The number of aliphatic carboxylic acids is 1. The molecule has 0 saturated carbocycles. The second-order valence-corrected chi connectivity index (χ2v) is 6.22. The number of fused-ring (bicyclic) bond motifs is 1. The van der Waals surface area contributed by atoms with Crippen LogP contribution in [0.2, 0.25) is 0 Å². The van der Waals surface area contributed by atoms with Crippen molar-refractivity contribution in [2.24, 2.45) is 5.41 Å². The fourth-order valence-electron chi connectivity index (χ4n) is 3.57. The summed E-state index contributed by atoms with van der Waals surface area (Å²) in [6, 6.07) is 8.07. The van der Waals surface area contributed by atoms with Gasteiger partial charge in [0.2, 0.25) is 5.91 Å². The number of carbonyl (C=O) groups is 2. The average Bonchev–Trinajstić information content (AvgIpc) is 2.48. The van der Waals surface area contributed by atoms with E-state index in [0.717, 1.165) is 12.0 Å². The van der Waals surface area contributed by atoms with Crippen molar-refractivity contribution in [1.82, 2.24) is 4.90 Å². The van der Waals surface area contributed by atoms with Gasteiger partial charge in [-0.1, -0.05) is 31.2 Å². The zero-order valence-corrected chi connectivity index (χ0v) is 12.3. The lowest BCUT2D eigenvalue weighted by molar-refractivity contribution is -0.155. The van der Waals surface area contributed by atoms with Crippen LogP contribution in [0.15, 0.2) is 24.3 Å². The van der Waals surface area contributed by atoms with Crippen LogP contribution in [-0.4, -0.2) is 35.0 Å². The van der Waals surface area contributed by atoms with Gasteiger partial charge in [-0.2, -0.15) is 0 Å². The summed E-state index contributed by atoms with van der Waals surface area (Å²) in [6.07, 6.45) is 2.60. The Hall–Kier alpha value is -1.84. The molecule has 1 aliphatic heterocycles. The van der Waals surface area contributed by atoms with Gasteiger partial charge >= 0.3 is 5.97 Å². The lowest BCUT2D eigenvalue weighted by atomic mass is 9.74. The standard InChI is InChI=1S/C17H21NO3/c1-2-17(16(20)21)7-9-18(10-8-17)15(19)14-11-12-5-3-4-6-13(12)14/h3-6,14H,2,7-11H2,1H3,(H,20,21). The van der Waals surface area contributed by atoms with Crippen molar-refractivity contribution >= 4 is 11.9 Å². The van der Waals surface area contributed by atoms with Gasteiger partial charge in [-0.05, 0) is 36.8 Å². The molecule has 0 aromatic heterocycles. The molecule has 21 heavy (non-hydrogen) atoms. The van der Waals surface area contributed by atoms with Crippen molar-refractivity contribution in [3.8, 4) is 0 Å².